The molecule has 2 heterocycles. The van der Waals surface area contributed by atoms with Crippen LogP contribution in [0.15, 0.2) is 170 Å². The van der Waals surface area contributed by atoms with Crippen LogP contribution in [0.2, 0.25) is 0 Å². The van der Waals surface area contributed by atoms with Gasteiger partial charge >= 0.3 is 0 Å². The summed E-state index contributed by atoms with van der Waals surface area (Å²) in [6, 6.07) is -0.956. The summed E-state index contributed by atoms with van der Waals surface area (Å²) in [7, 11) is 0. The van der Waals surface area contributed by atoms with Gasteiger partial charge < -0.3 is 65.1 Å². The average Bonchev–Trinajstić information content (AvgIpc) is 2.28. The molecule has 0 aromatic carbocycles. The summed E-state index contributed by atoms with van der Waals surface area (Å²) in [5.41, 5.74) is 0. The summed E-state index contributed by atoms with van der Waals surface area (Å²) in [5.74, 6) is -0.286. The Balaban J connectivity index is 1.62. The molecule has 0 aliphatic carbocycles. The number of ether oxygens (including phenoxy) is 4. The van der Waals surface area contributed by atoms with Crippen LogP contribution in [0.4, 0.5) is 0 Å². The van der Waals surface area contributed by atoms with E-state index in [1.807, 2.05) is 6.08 Å². The second-order valence-corrected chi connectivity index (χ2v) is 21.1. The summed E-state index contributed by atoms with van der Waals surface area (Å²) < 4.78 is 22.6. The minimum absolute atomic E-state index is 0.231. The molecule has 12 atom stereocenters. The van der Waals surface area contributed by atoms with Gasteiger partial charge in [0.05, 0.1) is 32.0 Å². The molecule has 472 valence electrons. The van der Waals surface area contributed by atoms with Crippen LogP contribution in [-0.4, -0.2) is 140 Å². The molecule has 2 saturated heterocycles. The predicted molar refractivity (Wildman–Crippen MR) is 340 cm³/mol. The summed E-state index contributed by atoms with van der Waals surface area (Å²) >= 11 is 0. The van der Waals surface area contributed by atoms with E-state index in [1.165, 1.54) is 6.42 Å². The monoisotopic (exact) mass is 1170 g/mol. The molecule has 9 N–H and O–H groups in total. The maximum Gasteiger partial charge on any atom is 0.220 e. The summed E-state index contributed by atoms with van der Waals surface area (Å²) in [4.78, 5) is 13.2. The number of amides is 1. The first-order valence-corrected chi connectivity index (χ1v) is 31.4. The Hall–Kier alpha value is -4.65. The second kappa shape index (κ2) is 52.7. The van der Waals surface area contributed by atoms with Crippen molar-refractivity contribution in [2.75, 3.05) is 19.8 Å². The van der Waals surface area contributed by atoms with E-state index in [0.717, 1.165) is 128 Å². The van der Waals surface area contributed by atoms with Gasteiger partial charge in [0, 0.05) is 6.42 Å². The highest BCUT2D eigenvalue weighted by Crippen LogP contribution is 2.30. The van der Waals surface area contributed by atoms with Gasteiger partial charge in [-0.05, 0) is 122 Å². The van der Waals surface area contributed by atoms with Gasteiger partial charge in [-0.25, -0.2) is 0 Å². The normalized spacial score (nSPS) is 24.9. The lowest BCUT2D eigenvalue weighted by Crippen LogP contribution is -2.65. The molecule has 2 fully saturated rings. The van der Waals surface area contributed by atoms with Crippen molar-refractivity contribution in [1.82, 2.24) is 5.32 Å². The standard InChI is InChI=1S/C70H109NO13/c1-3-5-7-9-11-13-14-15-16-17-18-19-20-21-22-23-24-25-26-27-28-29-30-31-32-33-34-35-36-37-38-39-40-41-42-43-44-46-48-50-52-54-62(75)71-58(59(74)53-51-49-47-45-12-10-8-6-4-2)57-81-69-67(80)65(78)68(61(56-73)83-69)84-70-66(79)64(77)63(76)60(55-72)82-70/h5,7,11-13,15-16,18-19,21-22,24-25,27-28,30-31,33-34,36-37,39-40,42-43,45,51,53,58-61,63-70,72-74,76-80H,3-4,6,8-10,14,17,20,23,26,29,32,35,38,41,44,46-50,52,54-57H2,1-2H3,(H,71,75)/b7-5-,13-11-,16-15-,19-18-,22-21-,25-24-,28-27-,31-30-,34-33-,37-36-,40-39-,43-42-,45-12+,53-51+. The van der Waals surface area contributed by atoms with Crippen LogP contribution in [0.3, 0.4) is 0 Å². The van der Waals surface area contributed by atoms with Crippen molar-refractivity contribution in [3.05, 3.63) is 170 Å². The molecule has 84 heavy (non-hydrogen) atoms. The Morgan fingerprint density at radius 1 is 0.440 bits per heavy atom. The highest BCUT2D eigenvalue weighted by atomic mass is 16.7. The average molecular weight is 1170 g/mol. The van der Waals surface area contributed by atoms with E-state index in [1.54, 1.807) is 6.08 Å². The molecular weight excluding hydrogens is 1060 g/mol. The van der Waals surface area contributed by atoms with Gasteiger partial charge in [-0.2, -0.15) is 0 Å². The molecule has 0 aromatic heterocycles. The van der Waals surface area contributed by atoms with E-state index in [4.69, 9.17) is 18.9 Å². The number of carbonyl (C=O) groups excluding carboxylic acids is 1. The molecule has 0 radical (unpaired) electrons. The topological polar surface area (TPSA) is 228 Å². The van der Waals surface area contributed by atoms with Gasteiger partial charge in [0.25, 0.3) is 0 Å². The van der Waals surface area contributed by atoms with Gasteiger partial charge in [-0.3, -0.25) is 4.79 Å². The largest absolute Gasteiger partial charge is 0.394 e. The lowest BCUT2D eigenvalue weighted by molar-refractivity contribution is -0.359. The molecule has 12 unspecified atom stereocenters. The number of nitrogens with one attached hydrogen (secondary N) is 1. The third-order valence-electron chi connectivity index (χ3n) is 13.9. The lowest BCUT2D eigenvalue weighted by Gasteiger charge is -2.46. The maximum absolute atomic E-state index is 13.2. The van der Waals surface area contributed by atoms with Crippen LogP contribution in [0.25, 0.3) is 0 Å². The fourth-order valence-corrected chi connectivity index (χ4v) is 8.87. The van der Waals surface area contributed by atoms with Crippen LogP contribution in [-0.2, 0) is 23.7 Å². The smallest absolute Gasteiger partial charge is 0.220 e. The quantitative estimate of drug-likeness (QED) is 0.0204. The van der Waals surface area contributed by atoms with Gasteiger partial charge in [-0.1, -0.05) is 210 Å². The third-order valence-corrected chi connectivity index (χ3v) is 13.9. The first-order chi connectivity index (χ1) is 41.1. The molecule has 14 nitrogen and oxygen atoms in total. The lowest BCUT2D eigenvalue weighted by atomic mass is 9.97. The molecule has 1 amide bonds. The zero-order valence-electron chi connectivity index (χ0n) is 50.8. The highest BCUT2D eigenvalue weighted by Gasteiger charge is 2.51. The van der Waals surface area contributed by atoms with Crippen molar-refractivity contribution in [2.45, 2.75) is 242 Å². The second-order valence-electron chi connectivity index (χ2n) is 21.1. The first kappa shape index (κ1) is 75.4. The third kappa shape index (κ3) is 37.0. The molecular formula is C70H109NO13. The molecule has 0 saturated carbocycles. The Bertz CT molecular complexity index is 2060. The van der Waals surface area contributed by atoms with E-state index in [-0.39, 0.29) is 18.9 Å². The molecule has 2 rings (SSSR count). The zero-order valence-corrected chi connectivity index (χ0v) is 50.8. The Morgan fingerprint density at radius 3 is 1.30 bits per heavy atom. The van der Waals surface area contributed by atoms with E-state index in [2.05, 4.69) is 177 Å². The Labute approximate surface area is 505 Å². The van der Waals surface area contributed by atoms with E-state index in [0.29, 0.717) is 12.8 Å². The Morgan fingerprint density at radius 2 is 0.833 bits per heavy atom. The number of allylic oxidation sites excluding steroid dienone is 27. The van der Waals surface area contributed by atoms with Gasteiger partial charge in [0.2, 0.25) is 5.91 Å². The van der Waals surface area contributed by atoms with Gasteiger partial charge in [-0.15, -0.1) is 0 Å². The van der Waals surface area contributed by atoms with Crippen LogP contribution in [0.5, 0.6) is 0 Å². The van der Waals surface area contributed by atoms with Crippen molar-refractivity contribution < 1.29 is 64.6 Å². The minimum atomic E-state index is -1.80. The van der Waals surface area contributed by atoms with Crippen molar-refractivity contribution in [2.24, 2.45) is 0 Å². The number of aliphatic hydroxyl groups excluding tert-OH is 8. The first-order valence-electron chi connectivity index (χ1n) is 31.4. The number of hydrogen-bond donors (Lipinski definition) is 9. The van der Waals surface area contributed by atoms with E-state index >= 15 is 0 Å². The number of rotatable bonds is 47. The highest BCUT2D eigenvalue weighted by molar-refractivity contribution is 5.76. The van der Waals surface area contributed by atoms with Crippen LogP contribution in [0.1, 0.15) is 168 Å². The molecule has 0 aromatic rings. The van der Waals surface area contributed by atoms with Crippen LogP contribution < -0.4 is 5.32 Å². The Kier molecular flexibility index (Phi) is 47.3. The molecule has 2 aliphatic heterocycles. The van der Waals surface area contributed by atoms with Crippen molar-refractivity contribution >= 4 is 5.91 Å². The number of unbranched alkanes of at least 4 members (excludes halogenated alkanes) is 8. The van der Waals surface area contributed by atoms with Crippen molar-refractivity contribution in [1.29, 1.82) is 0 Å². The van der Waals surface area contributed by atoms with E-state index < -0.39 is 86.8 Å². The van der Waals surface area contributed by atoms with Crippen LogP contribution in [0, 0.1) is 0 Å². The summed E-state index contributed by atoms with van der Waals surface area (Å²) in [6.45, 7) is 2.54. The fraction of sp³-hybridized carbons (Fsp3) is 0.586. The minimum Gasteiger partial charge on any atom is -0.394 e. The summed E-state index contributed by atoms with van der Waals surface area (Å²) in [5, 5.41) is 86.7. The maximum atomic E-state index is 13.2. The summed E-state index contributed by atoms with van der Waals surface area (Å²) in [6.07, 6.45) is 65.8. The van der Waals surface area contributed by atoms with Crippen LogP contribution >= 0.6 is 0 Å². The SMILES string of the molecule is CC/C=C\C/C=C\C/C=C\C/C=C\C/C=C\C/C=C\C/C=C\C/C=C\C/C=C\C/C=C\C/C=C\C/C=C\CCCCCCC(=O)NC(COC1OC(CO)C(OC2OC(CO)C(O)C(O)C2O)C(O)C1O)C(O)/C=C/CC/C=C/CCCCC. The molecule has 0 bridgehead atoms. The van der Waals surface area contributed by atoms with Gasteiger partial charge in [0.15, 0.2) is 12.6 Å². The number of hydrogen-bond acceptors (Lipinski definition) is 13. The van der Waals surface area contributed by atoms with Gasteiger partial charge in [0.1, 0.15) is 48.8 Å². The number of aliphatic hydroxyl groups is 8. The van der Waals surface area contributed by atoms with E-state index in [9.17, 15) is 45.6 Å². The van der Waals surface area contributed by atoms with Crippen molar-refractivity contribution in [3.8, 4) is 0 Å². The van der Waals surface area contributed by atoms with Crippen molar-refractivity contribution in [3.63, 3.8) is 0 Å². The zero-order chi connectivity index (χ0) is 60.9. The fourth-order valence-electron chi connectivity index (χ4n) is 8.87. The number of carbonyl (C=O) groups is 1. The predicted octanol–water partition coefficient (Wildman–Crippen LogP) is 11.7. The molecule has 2 aliphatic rings. The molecule has 0 spiro atoms. The molecule has 14 heteroatoms.